The van der Waals surface area contributed by atoms with Crippen LogP contribution in [0, 0.1) is 23.7 Å². The van der Waals surface area contributed by atoms with Gasteiger partial charge in [0.2, 0.25) is 23.6 Å². The molecule has 2 rings (SSSR count). The molecule has 64 heavy (non-hydrogen) atoms. The molecule has 1 aromatic rings. The van der Waals surface area contributed by atoms with Crippen LogP contribution in [0.1, 0.15) is 81.1 Å². The lowest BCUT2D eigenvalue weighted by molar-refractivity contribution is -0.148. The second-order valence-corrected chi connectivity index (χ2v) is 19.6. The summed E-state index contributed by atoms with van der Waals surface area (Å²) in [6.07, 6.45) is 5.38. The first kappa shape index (κ1) is 56.2. The third kappa shape index (κ3) is 15.9. The first-order valence-electron chi connectivity index (χ1n) is 22.3. The molecule has 17 heteroatoms. The number of allylic oxidation sites excluding steroid dienone is 2. The molecule has 5 amide bonds. The van der Waals surface area contributed by atoms with Crippen LogP contribution in [0.3, 0.4) is 0 Å². The minimum Gasteiger partial charge on any atom is -0.448 e. The van der Waals surface area contributed by atoms with E-state index in [0.717, 1.165) is 5.03 Å². The molecule has 0 bridgehead atoms. The number of methoxy groups -OCH3 is 2. The maximum absolute atomic E-state index is 14.5. The number of carbonyl (C=O) groups is 5. The van der Waals surface area contributed by atoms with Gasteiger partial charge in [-0.1, -0.05) is 103 Å². The zero-order chi connectivity index (χ0) is 48.3. The van der Waals surface area contributed by atoms with E-state index in [0.29, 0.717) is 37.1 Å². The van der Waals surface area contributed by atoms with Crippen molar-refractivity contribution in [1.82, 2.24) is 30.3 Å². The van der Waals surface area contributed by atoms with Gasteiger partial charge in [-0.25, -0.2) is 9.78 Å². The number of nitrogens with zero attached hydrogens (tertiary/aromatic N) is 4. The van der Waals surface area contributed by atoms with Crippen molar-refractivity contribution in [3.05, 3.63) is 61.4 Å². The lowest BCUT2D eigenvalue weighted by atomic mass is 9.89. The Labute approximate surface area is 390 Å². The standard InChI is InChI=1S/C47H76N6O9S2/c1-15-21-34(17-3)42(55)33(10)49-44(56)32(9)43(61-14)35-22-20-25-53(35)38(54)28-36(60-13)41(31(8)16-2)51(11)46(58)39(29(4)5)50-45(57)40(30(6)7)52(12)47(59)62-26-27-63-64-37-23-18-19-24-48-37/h15,17-19,21,23-24,29-33,35-36,39-43,55H,1,3,16,20,22,25-28H2,2,4-14H3,(H,49,56)(H,50,57)/b34-21+/t31?,32?,33?,35?,36?,39-,40?,41?,42?,43?/m0/s1. The molecule has 0 aromatic carbocycles. The Balaban J connectivity index is 2.21. The number of aromatic nitrogens is 1. The van der Waals surface area contributed by atoms with E-state index in [1.807, 2.05) is 59.7 Å². The Kier molecular flexibility index (Phi) is 24.8. The molecule has 1 aliphatic heterocycles. The van der Waals surface area contributed by atoms with Crippen LogP contribution in [-0.4, -0.2) is 150 Å². The number of likely N-dealkylation sites (N-methyl/N-ethyl adjacent to an activating group) is 2. The summed E-state index contributed by atoms with van der Waals surface area (Å²) in [6, 6.07) is 2.18. The van der Waals surface area contributed by atoms with Crippen LogP contribution in [0.15, 0.2) is 66.4 Å². The van der Waals surface area contributed by atoms with Crippen molar-refractivity contribution >= 4 is 51.3 Å². The lowest BCUT2D eigenvalue weighted by Gasteiger charge is -2.41. The third-order valence-corrected chi connectivity index (χ3v) is 14.2. The second kappa shape index (κ2) is 28.2. The summed E-state index contributed by atoms with van der Waals surface area (Å²) in [6.45, 7) is 22.8. The predicted molar refractivity (Wildman–Crippen MR) is 255 cm³/mol. The molecule has 360 valence electrons. The molecule has 1 aromatic heterocycles. The molecule has 3 N–H and O–H groups in total. The molecular formula is C47H76N6O9S2. The molecular weight excluding hydrogens is 857 g/mol. The highest BCUT2D eigenvalue weighted by atomic mass is 33.1. The highest BCUT2D eigenvalue weighted by Crippen LogP contribution is 2.31. The summed E-state index contributed by atoms with van der Waals surface area (Å²) < 4.78 is 17.5. The number of hydrogen-bond acceptors (Lipinski definition) is 12. The number of hydrogen-bond donors (Lipinski definition) is 3. The van der Waals surface area contributed by atoms with Crippen molar-refractivity contribution in [3.8, 4) is 0 Å². The summed E-state index contributed by atoms with van der Waals surface area (Å²) in [7, 11) is 9.23. The summed E-state index contributed by atoms with van der Waals surface area (Å²) in [4.78, 5) is 78.5. The highest BCUT2D eigenvalue weighted by Gasteiger charge is 2.43. The van der Waals surface area contributed by atoms with Gasteiger partial charge < -0.3 is 39.8 Å². The summed E-state index contributed by atoms with van der Waals surface area (Å²) in [5.41, 5.74) is 0.520. The maximum Gasteiger partial charge on any atom is 0.410 e. The SMILES string of the molecule is C=C/C=C(\C=C)C(O)C(C)NC(=O)C(C)C(OC)C1CCCN1C(=O)CC(OC)C(C(C)CC)N(C)C(=O)[C@@H](NC(=O)C(C(C)C)N(C)C(=O)OCCSSc1ccccn1)C(C)C. The van der Waals surface area contributed by atoms with Crippen molar-refractivity contribution in [1.29, 1.82) is 0 Å². The predicted octanol–water partition coefficient (Wildman–Crippen LogP) is 6.14. The van der Waals surface area contributed by atoms with Gasteiger partial charge in [-0.05, 0) is 66.0 Å². The van der Waals surface area contributed by atoms with E-state index in [4.69, 9.17) is 14.2 Å². The zero-order valence-corrected chi connectivity index (χ0v) is 41.8. The summed E-state index contributed by atoms with van der Waals surface area (Å²) >= 11 is 0. The van der Waals surface area contributed by atoms with Crippen molar-refractivity contribution < 1.29 is 43.3 Å². The number of nitrogens with one attached hydrogen (secondary N) is 2. The number of amides is 5. The van der Waals surface area contributed by atoms with Crippen molar-refractivity contribution in [2.24, 2.45) is 23.7 Å². The average Bonchev–Trinajstić information content (AvgIpc) is 3.76. The molecule has 9 unspecified atom stereocenters. The highest BCUT2D eigenvalue weighted by molar-refractivity contribution is 8.76. The molecule has 10 atom stereocenters. The van der Waals surface area contributed by atoms with Gasteiger partial charge in [0.05, 0.1) is 48.8 Å². The van der Waals surface area contributed by atoms with Gasteiger partial charge in [-0.3, -0.25) is 24.1 Å². The largest absolute Gasteiger partial charge is 0.448 e. The molecule has 0 spiro atoms. The van der Waals surface area contributed by atoms with Crippen LogP contribution >= 0.6 is 21.6 Å². The van der Waals surface area contributed by atoms with Crippen LogP contribution < -0.4 is 10.6 Å². The third-order valence-electron chi connectivity index (χ3n) is 12.0. The van der Waals surface area contributed by atoms with Gasteiger partial charge in [0.25, 0.3) is 0 Å². The Morgan fingerprint density at radius 2 is 1.67 bits per heavy atom. The Hall–Kier alpha value is -3.90. The van der Waals surface area contributed by atoms with Crippen LogP contribution in [-0.2, 0) is 33.4 Å². The fraction of sp³-hybridized carbons (Fsp3) is 0.660. The quantitative estimate of drug-likeness (QED) is 0.0522. The van der Waals surface area contributed by atoms with Crippen LogP contribution in [0.4, 0.5) is 4.79 Å². The van der Waals surface area contributed by atoms with Gasteiger partial charge in [-0.15, -0.1) is 0 Å². The van der Waals surface area contributed by atoms with Gasteiger partial charge >= 0.3 is 6.09 Å². The Morgan fingerprint density at radius 1 is 0.984 bits per heavy atom. The van der Waals surface area contributed by atoms with E-state index < -0.39 is 66.4 Å². The minimum atomic E-state index is -1.00. The monoisotopic (exact) mass is 933 g/mol. The first-order valence-corrected chi connectivity index (χ1v) is 24.6. The van der Waals surface area contributed by atoms with Gasteiger partial charge in [-0.2, -0.15) is 0 Å². The molecule has 2 heterocycles. The molecule has 0 aliphatic carbocycles. The topological polar surface area (TPSA) is 180 Å². The van der Waals surface area contributed by atoms with Crippen molar-refractivity contribution in [2.75, 3.05) is 47.2 Å². The number of pyridine rings is 1. The lowest BCUT2D eigenvalue weighted by Crippen LogP contribution is -2.60. The van der Waals surface area contributed by atoms with Crippen molar-refractivity contribution in [3.63, 3.8) is 0 Å². The number of likely N-dealkylation sites (tertiary alicyclic amines) is 1. The Bertz CT molecular complexity index is 1700. The minimum absolute atomic E-state index is 0.0405. The molecule has 0 radical (unpaired) electrons. The molecule has 0 saturated carbocycles. The van der Waals surface area contributed by atoms with Crippen LogP contribution in [0.2, 0.25) is 0 Å². The second-order valence-electron chi connectivity index (χ2n) is 17.2. The van der Waals surface area contributed by atoms with E-state index in [-0.39, 0.29) is 48.5 Å². The maximum atomic E-state index is 14.5. The fourth-order valence-electron chi connectivity index (χ4n) is 8.23. The van der Waals surface area contributed by atoms with Gasteiger partial charge in [0.1, 0.15) is 23.7 Å². The molecule has 15 nitrogen and oxygen atoms in total. The Morgan fingerprint density at radius 3 is 2.22 bits per heavy atom. The van der Waals surface area contributed by atoms with Crippen LogP contribution in [0.5, 0.6) is 0 Å². The van der Waals surface area contributed by atoms with Crippen molar-refractivity contribution in [2.45, 2.75) is 135 Å². The average molecular weight is 933 g/mol. The number of ether oxygens (including phenoxy) is 3. The number of carbonyl (C=O) groups excluding carboxylic acids is 5. The smallest absolute Gasteiger partial charge is 0.410 e. The first-order chi connectivity index (χ1) is 30.3. The van der Waals surface area contributed by atoms with E-state index in [2.05, 4.69) is 28.8 Å². The number of aliphatic hydroxyl groups is 1. The fourth-order valence-corrected chi connectivity index (χ4v) is 9.93. The zero-order valence-electron chi connectivity index (χ0n) is 40.2. The molecule has 1 saturated heterocycles. The number of aliphatic hydroxyl groups excluding tert-OH is 1. The van der Waals surface area contributed by atoms with E-state index in [1.165, 1.54) is 53.8 Å². The summed E-state index contributed by atoms with van der Waals surface area (Å²) in [5.74, 6) is -2.25. The molecule has 1 aliphatic rings. The van der Waals surface area contributed by atoms with E-state index in [1.54, 1.807) is 49.0 Å². The van der Waals surface area contributed by atoms with Gasteiger partial charge in [0, 0.05) is 46.8 Å². The normalized spacial score (nSPS) is 18.5. The van der Waals surface area contributed by atoms with E-state index in [9.17, 15) is 29.1 Å². The van der Waals surface area contributed by atoms with Crippen LogP contribution in [0.25, 0.3) is 0 Å². The van der Waals surface area contributed by atoms with E-state index >= 15 is 0 Å². The van der Waals surface area contributed by atoms with Gasteiger partial charge in [0.15, 0.2) is 0 Å². The summed E-state index contributed by atoms with van der Waals surface area (Å²) in [5, 5.41) is 17.5. The molecule has 1 fully saturated rings. The number of rotatable bonds is 27.